The molecule has 0 aliphatic heterocycles. The van der Waals surface area contributed by atoms with E-state index in [2.05, 4.69) is 57.4 Å². The number of unbranched alkanes of at least 4 members (excludes halogenated alkanes) is 12. The van der Waals surface area contributed by atoms with Gasteiger partial charge >= 0.3 is 5.97 Å². The Morgan fingerprint density at radius 2 is 1.34 bits per heavy atom. The summed E-state index contributed by atoms with van der Waals surface area (Å²) in [7, 11) is 0. The highest BCUT2D eigenvalue weighted by atomic mass is 16.4. The first kappa shape index (κ1) is 48.7. The van der Waals surface area contributed by atoms with Crippen LogP contribution in [0.3, 0.4) is 0 Å². The Morgan fingerprint density at radius 3 is 2.02 bits per heavy atom. The summed E-state index contributed by atoms with van der Waals surface area (Å²) in [5.74, 6) is 1.63. The molecule has 2 unspecified atom stereocenters. The van der Waals surface area contributed by atoms with Crippen molar-refractivity contribution in [2.45, 2.75) is 226 Å². The van der Waals surface area contributed by atoms with E-state index < -0.39 is 12.0 Å². The van der Waals surface area contributed by atoms with Gasteiger partial charge in [-0.1, -0.05) is 105 Å². The molecule has 5 N–H and O–H groups in total. The van der Waals surface area contributed by atoms with E-state index in [0.29, 0.717) is 74.2 Å². The van der Waals surface area contributed by atoms with E-state index in [1.807, 2.05) is 0 Å². The molecule has 4 rings (SSSR count). The number of allylic oxidation sites excluding steroid dienone is 2. The van der Waals surface area contributed by atoms with Crippen molar-refractivity contribution in [1.29, 1.82) is 0 Å². The van der Waals surface area contributed by atoms with Crippen LogP contribution in [-0.4, -0.2) is 57.9 Å². The molecule has 4 fully saturated rings. The third-order valence-corrected chi connectivity index (χ3v) is 16.5. The molecule has 0 saturated heterocycles. The van der Waals surface area contributed by atoms with Gasteiger partial charge < -0.3 is 26.0 Å². The van der Waals surface area contributed by atoms with Crippen LogP contribution in [0.25, 0.3) is 0 Å². The largest absolute Gasteiger partial charge is 0.480 e. The lowest BCUT2D eigenvalue weighted by Gasteiger charge is -2.64. The zero-order valence-corrected chi connectivity index (χ0v) is 37.8. The predicted molar refractivity (Wildman–Crippen MR) is 236 cm³/mol. The van der Waals surface area contributed by atoms with Crippen LogP contribution in [0.5, 0.6) is 0 Å². The molecule has 8 nitrogen and oxygen atoms in total. The van der Waals surface area contributed by atoms with Gasteiger partial charge in [0.15, 0.2) is 0 Å². The molecule has 4 aliphatic rings. The lowest BCUT2D eigenvalue weighted by Crippen LogP contribution is -2.62. The first-order chi connectivity index (χ1) is 27.9. The van der Waals surface area contributed by atoms with E-state index in [1.54, 1.807) is 0 Å². The number of carbonyl (C=O) groups excluding carboxylic acids is 2. The van der Waals surface area contributed by atoms with Crippen molar-refractivity contribution in [1.82, 2.24) is 10.6 Å². The van der Waals surface area contributed by atoms with Crippen molar-refractivity contribution in [2.24, 2.45) is 52.3 Å². The number of carboxylic acids is 1. The first-order valence-electron chi connectivity index (χ1n) is 24.7. The number of hydrogen-bond acceptors (Lipinski definition) is 5. The van der Waals surface area contributed by atoms with Crippen LogP contribution in [0.15, 0.2) is 12.2 Å². The van der Waals surface area contributed by atoms with E-state index in [4.69, 9.17) is 0 Å². The standard InChI is InChI=1S/C50H88N2O6/c1-6-8-9-10-11-12-13-14-15-16-17-18-19-20-21-25-44(54)51-34-23-22-24-43(48(57)58)52-45(55)29-26-36(3)39-27-28-40-46-41(31-33-49(39,40)4)50(5)32-30-37(53)35-42(50)38(7-2)47(46)56/h14-15,36-43,46-47,53,56H,6-13,16-35H2,1-5H3,(H,51,54)(H,52,55)(H,57,58)/b15-14-/t36-,37-,38-,39?,40+,41+,42+,43?,46+,47-,49-,50-/m1/s1. The number of aliphatic carboxylic acids is 1. The van der Waals surface area contributed by atoms with Gasteiger partial charge in [-0.2, -0.15) is 0 Å². The monoisotopic (exact) mass is 813 g/mol. The Kier molecular flexibility index (Phi) is 20.6. The number of rotatable bonds is 27. The molecule has 2 amide bonds. The van der Waals surface area contributed by atoms with Gasteiger partial charge in [-0.25, -0.2) is 4.79 Å². The van der Waals surface area contributed by atoms with Crippen LogP contribution in [0.2, 0.25) is 0 Å². The molecule has 0 bridgehead atoms. The van der Waals surface area contributed by atoms with E-state index in [9.17, 15) is 29.7 Å². The van der Waals surface area contributed by atoms with Crippen molar-refractivity contribution in [2.75, 3.05) is 6.54 Å². The molecule has 0 spiro atoms. The summed E-state index contributed by atoms with van der Waals surface area (Å²) >= 11 is 0. The SMILES string of the molecule is CCCCCCCC/C=C\CCCCCCCC(=O)NCCCCC(NC(=O)CC[C@@H](C)C1CC[C@H]2[C@@H]3[C@H](O)[C@H](CC)[C@@H]4C[C@H](O)CC[C@]4(C)[C@H]3CC[C@]12C)C(=O)O. The average Bonchev–Trinajstić information content (AvgIpc) is 3.55. The van der Waals surface area contributed by atoms with E-state index in [1.165, 1.54) is 64.2 Å². The number of carboxylic acid groups (broad SMARTS) is 1. The molecule has 0 radical (unpaired) electrons. The molecule has 0 aromatic heterocycles. The molecule has 334 valence electrons. The Labute approximate surface area is 354 Å². The maximum absolute atomic E-state index is 13.1. The molecule has 58 heavy (non-hydrogen) atoms. The van der Waals surface area contributed by atoms with Gasteiger partial charge in [-0.15, -0.1) is 0 Å². The second-order valence-electron chi connectivity index (χ2n) is 20.3. The Bertz CT molecular complexity index is 1270. The van der Waals surface area contributed by atoms with Gasteiger partial charge in [0.25, 0.3) is 0 Å². The molecule has 4 saturated carbocycles. The fraction of sp³-hybridized carbons (Fsp3) is 0.900. The van der Waals surface area contributed by atoms with Gasteiger partial charge in [-0.3, -0.25) is 9.59 Å². The highest BCUT2D eigenvalue weighted by Gasteiger charge is 2.64. The van der Waals surface area contributed by atoms with Crippen LogP contribution >= 0.6 is 0 Å². The highest BCUT2D eigenvalue weighted by molar-refractivity contribution is 5.83. The molecule has 4 aliphatic carbocycles. The summed E-state index contributed by atoms with van der Waals surface area (Å²) in [6.07, 6.45) is 31.7. The Morgan fingerprint density at radius 1 is 0.707 bits per heavy atom. The van der Waals surface area contributed by atoms with Gasteiger partial charge in [0, 0.05) is 19.4 Å². The summed E-state index contributed by atoms with van der Waals surface area (Å²) in [5.41, 5.74) is 0.321. The molecular formula is C50H88N2O6. The number of aliphatic hydroxyl groups is 2. The summed E-state index contributed by atoms with van der Waals surface area (Å²) in [6, 6.07) is -0.914. The van der Waals surface area contributed by atoms with Crippen LogP contribution < -0.4 is 10.6 Å². The number of nitrogens with one attached hydrogen (secondary N) is 2. The maximum atomic E-state index is 13.1. The van der Waals surface area contributed by atoms with Crippen LogP contribution in [0.1, 0.15) is 208 Å². The van der Waals surface area contributed by atoms with Gasteiger partial charge in [0.2, 0.25) is 11.8 Å². The second-order valence-corrected chi connectivity index (χ2v) is 20.3. The molecule has 0 aromatic rings. The molecule has 0 aromatic carbocycles. The van der Waals surface area contributed by atoms with E-state index in [0.717, 1.165) is 77.0 Å². The van der Waals surface area contributed by atoms with Crippen LogP contribution in [0, 0.1) is 52.3 Å². The predicted octanol–water partition coefficient (Wildman–Crippen LogP) is 10.9. The van der Waals surface area contributed by atoms with Gasteiger partial charge in [0.1, 0.15) is 6.04 Å². The fourth-order valence-corrected chi connectivity index (χ4v) is 13.2. The third-order valence-electron chi connectivity index (χ3n) is 16.5. The van der Waals surface area contributed by atoms with Crippen molar-refractivity contribution in [3.63, 3.8) is 0 Å². The third kappa shape index (κ3) is 13.3. The summed E-state index contributed by atoms with van der Waals surface area (Å²) in [5, 5.41) is 38.3. The van der Waals surface area contributed by atoms with Crippen molar-refractivity contribution in [3.05, 3.63) is 12.2 Å². The van der Waals surface area contributed by atoms with Crippen molar-refractivity contribution >= 4 is 17.8 Å². The molecule has 0 heterocycles. The minimum atomic E-state index is -1.00. The smallest absolute Gasteiger partial charge is 0.326 e. The van der Waals surface area contributed by atoms with E-state index >= 15 is 0 Å². The highest BCUT2D eigenvalue weighted by Crippen LogP contribution is 2.69. The van der Waals surface area contributed by atoms with Crippen LogP contribution in [-0.2, 0) is 14.4 Å². The number of fused-ring (bicyclic) bond motifs is 5. The van der Waals surface area contributed by atoms with Gasteiger partial charge in [-0.05, 0) is 155 Å². The number of aliphatic hydroxyl groups excluding tert-OH is 2. The minimum absolute atomic E-state index is 0.0678. The zero-order valence-electron chi connectivity index (χ0n) is 37.8. The topological polar surface area (TPSA) is 136 Å². The number of carbonyl (C=O) groups is 3. The summed E-state index contributed by atoms with van der Waals surface area (Å²) in [4.78, 5) is 37.5. The quantitative estimate of drug-likeness (QED) is 0.0414. The summed E-state index contributed by atoms with van der Waals surface area (Å²) < 4.78 is 0. The fourth-order valence-electron chi connectivity index (χ4n) is 13.2. The maximum Gasteiger partial charge on any atom is 0.326 e. The summed E-state index contributed by atoms with van der Waals surface area (Å²) in [6.45, 7) is 12.2. The second kappa shape index (κ2) is 24.5. The lowest BCUT2D eigenvalue weighted by atomic mass is 9.41. The van der Waals surface area contributed by atoms with Crippen molar-refractivity contribution in [3.8, 4) is 0 Å². The Balaban J connectivity index is 1.08. The molecule has 8 heteroatoms. The first-order valence-corrected chi connectivity index (χ1v) is 24.7. The van der Waals surface area contributed by atoms with Gasteiger partial charge in [0.05, 0.1) is 12.2 Å². The number of amides is 2. The molecular weight excluding hydrogens is 725 g/mol. The average molecular weight is 813 g/mol. The number of hydrogen-bond donors (Lipinski definition) is 5. The Hall–Kier alpha value is -1.93. The van der Waals surface area contributed by atoms with E-state index in [-0.39, 0.29) is 40.8 Å². The normalized spacial score (nSPS) is 32.9. The van der Waals surface area contributed by atoms with Crippen LogP contribution in [0.4, 0.5) is 0 Å². The lowest BCUT2D eigenvalue weighted by molar-refractivity contribution is -0.203. The zero-order chi connectivity index (χ0) is 42.1. The minimum Gasteiger partial charge on any atom is -0.480 e. The van der Waals surface area contributed by atoms with Crippen molar-refractivity contribution < 1.29 is 29.7 Å². The molecule has 12 atom stereocenters.